The Morgan fingerprint density at radius 3 is 2.69 bits per heavy atom. The average molecular weight is 490 g/mol. The number of benzene rings is 3. The van der Waals surface area contributed by atoms with E-state index in [-0.39, 0.29) is 11.3 Å². The SMILES string of the molecule is COc1ccccc1C1/C(=C(\O)c2ccc3c(c2)CCCO3)C(=O)C(=O)N1c1ccc(C)c(Cl)c1. The van der Waals surface area contributed by atoms with Gasteiger partial charge in [0, 0.05) is 21.8 Å². The van der Waals surface area contributed by atoms with E-state index < -0.39 is 17.7 Å². The molecule has 0 saturated carbocycles. The highest BCUT2D eigenvalue weighted by molar-refractivity contribution is 6.52. The van der Waals surface area contributed by atoms with Gasteiger partial charge in [-0.1, -0.05) is 35.9 Å². The van der Waals surface area contributed by atoms with Gasteiger partial charge in [-0.05, 0) is 67.3 Å². The molecule has 0 aliphatic carbocycles. The number of rotatable bonds is 4. The number of para-hydroxylation sites is 1. The van der Waals surface area contributed by atoms with Crippen LogP contribution in [0.2, 0.25) is 5.02 Å². The standard InChI is InChI=1S/C28H24ClNO5/c1-16-9-11-19(15-21(16)29)30-25(20-7-3-4-8-23(20)34-2)24(27(32)28(30)33)26(31)18-10-12-22-17(14-18)6-5-13-35-22/h3-4,7-12,14-15,25,31H,5-6,13H2,1-2H3/b26-24+. The van der Waals surface area contributed by atoms with Crippen LogP contribution >= 0.6 is 11.6 Å². The molecule has 3 aromatic carbocycles. The maximum atomic E-state index is 13.4. The molecule has 2 aliphatic heterocycles. The first kappa shape index (κ1) is 23.0. The lowest BCUT2D eigenvalue weighted by Crippen LogP contribution is -2.29. The fraction of sp³-hybridized carbons (Fsp3) is 0.214. The number of aliphatic hydroxyl groups is 1. The smallest absolute Gasteiger partial charge is 0.300 e. The zero-order valence-corrected chi connectivity index (χ0v) is 20.1. The van der Waals surface area contributed by atoms with Gasteiger partial charge in [-0.3, -0.25) is 14.5 Å². The lowest BCUT2D eigenvalue weighted by molar-refractivity contribution is -0.132. The molecular weight excluding hydrogens is 466 g/mol. The predicted octanol–water partition coefficient (Wildman–Crippen LogP) is 5.61. The third-order valence-electron chi connectivity index (χ3n) is 6.49. The van der Waals surface area contributed by atoms with Crippen LogP contribution in [0.5, 0.6) is 11.5 Å². The number of fused-ring (bicyclic) bond motifs is 1. The van der Waals surface area contributed by atoms with Gasteiger partial charge in [0.2, 0.25) is 0 Å². The maximum absolute atomic E-state index is 13.4. The molecule has 7 heteroatoms. The molecule has 5 rings (SSSR count). The average Bonchev–Trinajstić information content (AvgIpc) is 3.15. The number of carbonyl (C=O) groups is 2. The van der Waals surface area contributed by atoms with E-state index in [1.54, 1.807) is 54.6 Å². The van der Waals surface area contributed by atoms with Crippen LogP contribution in [-0.2, 0) is 16.0 Å². The van der Waals surface area contributed by atoms with E-state index in [1.807, 2.05) is 13.0 Å². The quantitative estimate of drug-likeness (QED) is 0.293. The normalized spacial score (nSPS) is 18.8. The van der Waals surface area contributed by atoms with Crippen LogP contribution in [0.4, 0.5) is 5.69 Å². The minimum atomic E-state index is -0.905. The summed E-state index contributed by atoms with van der Waals surface area (Å²) in [4.78, 5) is 28.2. The van der Waals surface area contributed by atoms with Crippen molar-refractivity contribution >= 4 is 34.7 Å². The third-order valence-corrected chi connectivity index (χ3v) is 6.90. The lowest BCUT2D eigenvalue weighted by Gasteiger charge is -2.27. The maximum Gasteiger partial charge on any atom is 0.300 e. The zero-order valence-electron chi connectivity index (χ0n) is 19.4. The number of halogens is 1. The molecule has 0 radical (unpaired) electrons. The summed E-state index contributed by atoms with van der Waals surface area (Å²) in [6, 6.07) is 16.7. The lowest BCUT2D eigenvalue weighted by atomic mass is 9.93. The van der Waals surface area contributed by atoms with Gasteiger partial charge in [0.25, 0.3) is 11.7 Å². The summed E-state index contributed by atoms with van der Waals surface area (Å²) in [5.74, 6) is -0.503. The topological polar surface area (TPSA) is 76.1 Å². The first-order valence-electron chi connectivity index (χ1n) is 11.4. The minimum absolute atomic E-state index is 0.00660. The Labute approximate surface area is 208 Å². The van der Waals surface area contributed by atoms with Crippen LogP contribution in [0.15, 0.2) is 66.2 Å². The number of carbonyl (C=O) groups excluding carboxylic acids is 2. The monoisotopic (exact) mass is 489 g/mol. The number of ether oxygens (including phenoxy) is 2. The second kappa shape index (κ2) is 9.12. The molecule has 1 amide bonds. The Morgan fingerprint density at radius 1 is 1.11 bits per heavy atom. The molecule has 1 unspecified atom stereocenters. The van der Waals surface area contributed by atoms with Crippen LogP contribution in [0.25, 0.3) is 5.76 Å². The number of nitrogens with zero attached hydrogens (tertiary/aromatic N) is 1. The van der Waals surface area contributed by atoms with E-state index in [9.17, 15) is 14.7 Å². The second-order valence-electron chi connectivity index (χ2n) is 8.62. The molecule has 1 fully saturated rings. The molecule has 178 valence electrons. The van der Waals surface area contributed by atoms with Gasteiger partial charge in [0.15, 0.2) is 0 Å². The molecule has 0 spiro atoms. The number of amides is 1. The minimum Gasteiger partial charge on any atom is -0.507 e. The fourth-order valence-corrected chi connectivity index (χ4v) is 4.85. The summed E-state index contributed by atoms with van der Waals surface area (Å²) in [6.45, 7) is 2.51. The van der Waals surface area contributed by atoms with Crippen molar-refractivity contribution in [3.8, 4) is 11.5 Å². The van der Waals surface area contributed by atoms with Crippen molar-refractivity contribution in [2.45, 2.75) is 25.8 Å². The number of aliphatic hydroxyl groups excluding tert-OH is 1. The molecule has 0 aromatic heterocycles. The molecule has 0 bridgehead atoms. The van der Waals surface area contributed by atoms with Gasteiger partial charge >= 0.3 is 0 Å². The van der Waals surface area contributed by atoms with E-state index in [1.165, 1.54) is 12.0 Å². The Bertz CT molecular complexity index is 1380. The fourth-order valence-electron chi connectivity index (χ4n) is 4.68. The van der Waals surface area contributed by atoms with Gasteiger partial charge in [-0.15, -0.1) is 0 Å². The van der Waals surface area contributed by atoms with Crippen molar-refractivity contribution in [1.82, 2.24) is 0 Å². The van der Waals surface area contributed by atoms with Crippen molar-refractivity contribution in [3.63, 3.8) is 0 Å². The molecule has 2 heterocycles. The van der Waals surface area contributed by atoms with Crippen LogP contribution in [-0.4, -0.2) is 30.5 Å². The third kappa shape index (κ3) is 3.94. The zero-order chi connectivity index (χ0) is 24.7. The van der Waals surface area contributed by atoms with E-state index in [0.29, 0.717) is 34.2 Å². The van der Waals surface area contributed by atoms with Gasteiger partial charge < -0.3 is 14.6 Å². The highest BCUT2D eigenvalue weighted by Gasteiger charge is 2.48. The summed E-state index contributed by atoms with van der Waals surface area (Å²) in [5, 5.41) is 11.9. The number of methoxy groups -OCH3 is 1. The van der Waals surface area contributed by atoms with E-state index in [2.05, 4.69) is 0 Å². The Kier molecular flexibility index (Phi) is 5.99. The van der Waals surface area contributed by atoms with Crippen molar-refractivity contribution in [1.29, 1.82) is 0 Å². The van der Waals surface area contributed by atoms with E-state index in [4.69, 9.17) is 21.1 Å². The molecular formula is C28H24ClNO5. The first-order valence-corrected chi connectivity index (χ1v) is 11.7. The highest BCUT2D eigenvalue weighted by atomic mass is 35.5. The molecule has 3 aromatic rings. The largest absolute Gasteiger partial charge is 0.507 e. The summed E-state index contributed by atoms with van der Waals surface area (Å²) in [5.41, 5.74) is 3.28. The number of ketones is 1. The Hall–Kier alpha value is -3.77. The van der Waals surface area contributed by atoms with Crippen molar-refractivity contribution in [2.24, 2.45) is 0 Å². The number of hydrogen-bond acceptors (Lipinski definition) is 5. The van der Waals surface area contributed by atoms with Crippen LogP contribution in [0.3, 0.4) is 0 Å². The molecule has 35 heavy (non-hydrogen) atoms. The van der Waals surface area contributed by atoms with Gasteiger partial charge in [0.1, 0.15) is 17.3 Å². The molecule has 1 saturated heterocycles. The predicted molar refractivity (Wildman–Crippen MR) is 134 cm³/mol. The number of hydrogen-bond donors (Lipinski definition) is 1. The first-order chi connectivity index (χ1) is 16.9. The van der Waals surface area contributed by atoms with Crippen LogP contribution in [0.1, 0.15) is 34.7 Å². The molecule has 1 N–H and O–H groups in total. The van der Waals surface area contributed by atoms with E-state index >= 15 is 0 Å². The second-order valence-corrected chi connectivity index (χ2v) is 9.03. The highest BCUT2D eigenvalue weighted by Crippen LogP contribution is 2.45. The van der Waals surface area contributed by atoms with Crippen LogP contribution < -0.4 is 14.4 Å². The number of aryl methyl sites for hydroxylation is 2. The molecule has 2 aliphatic rings. The van der Waals surface area contributed by atoms with Crippen molar-refractivity contribution < 1.29 is 24.2 Å². The van der Waals surface area contributed by atoms with E-state index in [0.717, 1.165) is 29.7 Å². The Balaban J connectivity index is 1.73. The number of anilines is 1. The van der Waals surface area contributed by atoms with Gasteiger partial charge in [0.05, 0.1) is 25.3 Å². The summed E-state index contributed by atoms with van der Waals surface area (Å²) in [7, 11) is 1.53. The summed E-state index contributed by atoms with van der Waals surface area (Å²) >= 11 is 6.37. The number of Topliss-reactive ketones (excluding diaryl/α,β-unsaturated/α-hetero) is 1. The van der Waals surface area contributed by atoms with Crippen molar-refractivity contribution in [2.75, 3.05) is 18.6 Å². The summed E-state index contributed by atoms with van der Waals surface area (Å²) in [6.07, 6.45) is 1.68. The Morgan fingerprint density at radius 2 is 1.91 bits per heavy atom. The van der Waals surface area contributed by atoms with Gasteiger partial charge in [-0.2, -0.15) is 0 Å². The molecule has 6 nitrogen and oxygen atoms in total. The molecule has 1 atom stereocenters. The summed E-state index contributed by atoms with van der Waals surface area (Å²) < 4.78 is 11.2. The van der Waals surface area contributed by atoms with Gasteiger partial charge in [-0.25, -0.2) is 0 Å². The van der Waals surface area contributed by atoms with Crippen molar-refractivity contribution in [3.05, 3.63) is 93.5 Å². The van der Waals surface area contributed by atoms with Crippen LogP contribution in [0, 0.1) is 6.92 Å².